The molecule has 34 heavy (non-hydrogen) atoms. The van der Waals surface area contributed by atoms with Crippen LogP contribution in [0.5, 0.6) is 5.88 Å². The maximum Gasteiger partial charge on any atom is 0.217 e. The Kier molecular flexibility index (Phi) is 6.49. The van der Waals surface area contributed by atoms with E-state index in [2.05, 4.69) is 27.1 Å². The Morgan fingerprint density at radius 3 is 2.59 bits per heavy atom. The Hall–Kier alpha value is -3.94. The number of aromatic nitrogens is 5. The summed E-state index contributed by atoms with van der Waals surface area (Å²) in [6.07, 6.45) is 0.313. The Bertz CT molecular complexity index is 1340. The van der Waals surface area contributed by atoms with E-state index in [-0.39, 0.29) is 11.9 Å². The topological polar surface area (TPSA) is 151 Å². The van der Waals surface area contributed by atoms with Gasteiger partial charge in [0.2, 0.25) is 5.88 Å². The van der Waals surface area contributed by atoms with Crippen molar-refractivity contribution in [2.75, 3.05) is 12.3 Å². The van der Waals surface area contributed by atoms with Crippen molar-refractivity contribution >= 4 is 16.9 Å². The fourth-order valence-electron chi connectivity index (χ4n) is 3.57. The molecule has 1 aromatic carbocycles. The van der Waals surface area contributed by atoms with Crippen molar-refractivity contribution < 1.29 is 14.5 Å². The van der Waals surface area contributed by atoms with Gasteiger partial charge < -0.3 is 25.9 Å². The van der Waals surface area contributed by atoms with Crippen LogP contribution < -0.4 is 16.2 Å². The quantitative estimate of drug-likeness (QED) is 0.353. The molecule has 1 unspecified atom stereocenters. The molecule has 0 saturated carbocycles. The van der Waals surface area contributed by atoms with E-state index in [0.29, 0.717) is 48.1 Å². The highest BCUT2D eigenvalue weighted by Gasteiger charge is 2.23. The molecule has 10 heteroatoms. The predicted octanol–water partition coefficient (Wildman–Crippen LogP) is 2.67. The van der Waals surface area contributed by atoms with Gasteiger partial charge in [-0.1, -0.05) is 36.3 Å². The van der Waals surface area contributed by atoms with Crippen LogP contribution in [0.25, 0.3) is 22.6 Å². The lowest BCUT2D eigenvalue weighted by Gasteiger charge is -2.18. The van der Waals surface area contributed by atoms with Crippen molar-refractivity contribution in [2.45, 2.75) is 45.4 Å². The normalized spacial score (nSPS) is 12.4. The number of rotatable bonds is 7. The third-order valence-corrected chi connectivity index (χ3v) is 5.11. The fourth-order valence-corrected chi connectivity index (χ4v) is 3.57. The molecule has 0 fully saturated rings. The van der Waals surface area contributed by atoms with Gasteiger partial charge in [-0.3, -0.25) is 0 Å². The van der Waals surface area contributed by atoms with Crippen LogP contribution in [-0.4, -0.2) is 42.1 Å². The number of anilines is 1. The number of nitrogens with two attached hydrogens (primary N) is 2. The van der Waals surface area contributed by atoms with Crippen molar-refractivity contribution in [3.63, 3.8) is 0 Å². The van der Waals surface area contributed by atoms with E-state index in [0.717, 1.165) is 11.1 Å². The zero-order valence-electron chi connectivity index (χ0n) is 19.3. The van der Waals surface area contributed by atoms with Crippen LogP contribution >= 0.6 is 0 Å². The lowest BCUT2D eigenvalue weighted by Crippen LogP contribution is -2.15. The summed E-state index contributed by atoms with van der Waals surface area (Å²) in [7, 11) is 0. The predicted molar refractivity (Wildman–Crippen MR) is 128 cm³/mol. The summed E-state index contributed by atoms with van der Waals surface area (Å²) in [5.74, 6) is 6.73. The first kappa shape index (κ1) is 23.2. The Labute approximate surface area is 196 Å². The van der Waals surface area contributed by atoms with Crippen LogP contribution in [0, 0.1) is 11.8 Å². The van der Waals surface area contributed by atoms with Gasteiger partial charge in [0.1, 0.15) is 22.9 Å². The lowest BCUT2D eigenvalue weighted by atomic mass is 10.1. The zero-order valence-corrected chi connectivity index (χ0v) is 19.3. The molecular weight excluding hydrogens is 434 g/mol. The van der Waals surface area contributed by atoms with Crippen molar-refractivity contribution in [1.82, 2.24) is 24.8 Å². The summed E-state index contributed by atoms with van der Waals surface area (Å²) in [6, 6.07) is 11.6. The number of pyridine rings is 1. The highest BCUT2D eigenvalue weighted by Crippen LogP contribution is 2.31. The summed E-state index contributed by atoms with van der Waals surface area (Å²) >= 11 is 0. The smallest absolute Gasteiger partial charge is 0.217 e. The summed E-state index contributed by atoms with van der Waals surface area (Å²) in [6.45, 7) is 6.18. The van der Waals surface area contributed by atoms with Gasteiger partial charge in [-0.15, -0.1) is 0 Å². The van der Waals surface area contributed by atoms with Gasteiger partial charge in [-0.05, 0) is 49.1 Å². The maximum atomic E-state index is 10.2. The van der Waals surface area contributed by atoms with Gasteiger partial charge in [-0.25, -0.2) is 14.6 Å². The molecule has 1 atom stereocenters. The van der Waals surface area contributed by atoms with Crippen LogP contribution in [-0.2, 0) is 6.54 Å². The van der Waals surface area contributed by atoms with E-state index in [1.807, 2.05) is 41.8 Å². The number of aryl methyl sites for hydroxylation is 1. The van der Waals surface area contributed by atoms with Crippen LogP contribution in [0.3, 0.4) is 0 Å². The minimum Gasteiger partial charge on any atom is -0.469 e. The van der Waals surface area contributed by atoms with Crippen molar-refractivity contribution in [3.8, 4) is 29.2 Å². The number of fused-ring (bicyclic) bond motifs is 1. The SMILES string of the molecule is CCn1c(-c2nonc2N)nc2c(C#CC(C)(C)O)nc(OC(CCN)c3ccccc3)cc21. The minimum atomic E-state index is -1.21. The first-order chi connectivity index (χ1) is 16.3. The van der Waals surface area contributed by atoms with Crippen LogP contribution in [0.15, 0.2) is 41.0 Å². The molecule has 4 rings (SSSR count). The third kappa shape index (κ3) is 4.85. The number of nitrogens with zero attached hydrogens (tertiary/aromatic N) is 5. The summed E-state index contributed by atoms with van der Waals surface area (Å²) < 4.78 is 13.0. The molecule has 0 bridgehead atoms. The molecule has 0 saturated heterocycles. The van der Waals surface area contributed by atoms with Crippen molar-refractivity contribution in [1.29, 1.82) is 0 Å². The van der Waals surface area contributed by atoms with E-state index >= 15 is 0 Å². The fraction of sp³-hybridized carbons (Fsp3) is 0.333. The number of hydrogen-bond acceptors (Lipinski definition) is 9. The third-order valence-electron chi connectivity index (χ3n) is 5.11. The molecule has 0 aliphatic carbocycles. The highest BCUT2D eigenvalue weighted by molar-refractivity contribution is 5.86. The lowest BCUT2D eigenvalue weighted by molar-refractivity contribution is 0.143. The minimum absolute atomic E-state index is 0.130. The number of nitrogen functional groups attached to an aromatic ring is 1. The molecule has 4 aromatic rings. The number of benzene rings is 1. The summed E-state index contributed by atoms with van der Waals surface area (Å²) in [5.41, 5.74) is 13.5. The molecule has 10 nitrogen and oxygen atoms in total. The first-order valence-electron chi connectivity index (χ1n) is 11.0. The molecule has 0 aliphatic heterocycles. The Morgan fingerprint density at radius 1 is 1.21 bits per heavy atom. The highest BCUT2D eigenvalue weighted by atomic mass is 16.6. The van der Waals surface area contributed by atoms with Gasteiger partial charge in [0.15, 0.2) is 17.3 Å². The molecule has 176 valence electrons. The summed E-state index contributed by atoms with van der Waals surface area (Å²) in [4.78, 5) is 9.33. The van der Waals surface area contributed by atoms with Crippen LogP contribution in [0.2, 0.25) is 0 Å². The number of ether oxygens (including phenoxy) is 1. The average molecular weight is 462 g/mol. The van der Waals surface area contributed by atoms with Gasteiger partial charge in [0, 0.05) is 19.0 Å². The molecule has 3 aromatic heterocycles. The summed E-state index contributed by atoms with van der Waals surface area (Å²) in [5, 5.41) is 17.7. The Balaban J connectivity index is 1.89. The van der Waals surface area contributed by atoms with Gasteiger partial charge in [0.25, 0.3) is 0 Å². The largest absolute Gasteiger partial charge is 0.469 e. The molecule has 0 aliphatic rings. The van der Waals surface area contributed by atoms with E-state index in [9.17, 15) is 5.11 Å². The van der Waals surface area contributed by atoms with E-state index in [4.69, 9.17) is 25.8 Å². The molecular formula is C24H27N7O3. The van der Waals surface area contributed by atoms with E-state index in [1.165, 1.54) is 0 Å². The second-order valence-electron chi connectivity index (χ2n) is 8.26. The van der Waals surface area contributed by atoms with E-state index in [1.54, 1.807) is 19.9 Å². The number of imidazole rings is 1. The second-order valence-corrected chi connectivity index (χ2v) is 8.26. The molecule has 5 N–H and O–H groups in total. The number of hydrogen-bond donors (Lipinski definition) is 3. The second kappa shape index (κ2) is 9.51. The maximum absolute atomic E-state index is 10.2. The van der Waals surface area contributed by atoms with Crippen molar-refractivity contribution in [2.24, 2.45) is 5.73 Å². The number of aliphatic hydroxyl groups is 1. The first-order valence-corrected chi connectivity index (χ1v) is 11.0. The van der Waals surface area contributed by atoms with Crippen LogP contribution in [0.1, 0.15) is 44.6 Å². The Morgan fingerprint density at radius 2 is 1.97 bits per heavy atom. The van der Waals surface area contributed by atoms with Gasteiger partial charge in [-0.2, -0.15) is 0 Å². The van der Waals surface area contributed by atoms with Crippen molar-refractivity contribution in [3.05, 3.63) is 47.7 Å². The molecule has 0 amide bonds. The molecule has 3 heterocycles. The average Bonchev–Trinajstić information content (AvgIpc) is 3.40. The molecule has 0 radical (unpaired) electrons. The molecule has 0 spiro atoms. The van der Waals surface area contributed by atoms with E-state index < -0.39 is 5.60 Å². The standard InChI is InChI=1S/C24H27N7O3/c1-4-31-17-14-19(33-18(11-13-25)15-8-6-5-7-9-15)27-16(10-12-24(2,3)32)20(17)28-23(31)21-22(26)30-34-29-21/h5-9,14,18,32H,4,11,13,25H2,1-3H3,(H2,26,30). The van der Waals surface area contributed by atoms with Gasteiger partial charge in [0.05, 0.1) is 5.52 Å². The van der Waals surface area contributed by atoms with Gasteiger partial charge >= 0.3 is 0 Å². The van der Waals surface area contributed by atoms with Crippen LogP contribution in [0.4, 0.5) is 5.82 Å². The zero-order chi connectivity index (χ0) is 24.3. The monoisotopic (exact) mass is 461 g/mol.